The summed E-state index contributed by atoms with van der Waals surface area (Å²) < 4.78 is 0. The lowest BCUT2D eigenvalue weighted by molar-refractivity contribution is 0.463. The van der Waals surface area contributed by atoms with Crippen LogP contribution in [0.1, 0.15) is 36.3 Å². The molecule has 0 aliphatic carbocycles. The molecule has 102 valence electrons. The summed E-state index contributed by atoms with van der Waals surface area (Å²) in [6.45, 7) is 4.83. The van der Waals surface area contributed by atoms with Crippen LogP contribution in [0.25, 0.3) is 0 Å². The minimum absolute atomic E-state index is 0. The Hall–Kier alpha value is -0.280. The van der Waals surface area contributed by atoms with E-state index in [9.17, 15) is 0 Å². The van der Waals surface area contributed by atoms with Crippen molar-refractivity contribution in [3.05, 3.63) is 35.4 Å². The van der Waals surface area contributed by atoms with Crippen LogP contribution in [-0.2, 0) is 0 Å². The summed E-state index contributed by atoms with van der Waals surface area (Å²) in [6, 6.07) is 8.61. The van der Waals surface area contributed by atoms with E-state index in [1.54, 1.807) is 0 Å². The first-order valence-electron chi connectivity index (χ1n) is 6.37. The van der Waals surface area contributed by atoms with Crippen molar-refractivity contribution in [2.45, 2.75) is 30.6 Å². The lowest BCUT2D eigenvalue weighted by atomic mass is 9.83. The Balaban J connectivity index is 0.00000162. The first kappa shape index (κ1) is 15.8. The topological polar surface area (TPSA) is 38.0 Å². The lowest BCUT2D eigenvalue weighted by Crippen LogP contribution is -2.36. The third-order valence-corrected chi connectivity index (χ3v) is 4.15. The normalized spacial score (nSPS) is 25.3. The van der Waals surface area contributed by atoms with Gasteiger partial charge in [0.1, 0.15) is 0 Å². The second-order valence-electron chi connectivity index (χ2n) is 4.88. The zero-order chi connectivity index (χ0) is 12.3. The molecule has 0 amide bonds. The third-order valence-electron chi connectivity index (χ3n) is 3.69. The van der Waals surface area contributed by atoms with E-state index in [0.717, 1.165) is 19.5 Å². The van der Waals surface area contributed by atoms with Crippen molar-refractivity contribution in [3.63, 3.8) is 0 Å². The average molecular weight is 289 g/mol. The number of hydrogen-bond donors (Lipinski definition) is 2. The maximum atomic E-state index is 6.44. The summed E-state index contributed by atoms with van der Waals surface area (Å²) in [4.78, 5) is 0. The highest BCUT2D eigenvalue weighted by atomic mass is 35.5. The quantitative estimate of drug-likeness (QED) is 0.840. The molecule has 0 bridgehead atoms. The van der Waals surface area contributed by atoms with E-state index in [-0.39, 0.29) is 17.8 Å². The molecule has 2 rings (SSSR count). The maximum absolute atomic E-state index is 6.44. The van der Waals surface area contributed by atoms with Crippen molar-refractivity contribution in [3.8, 4) is 0 Å². The van der Waals surface area contributed by atoms with Crippen LogP contribution >= 0.6 is 24.0 Å². The highest BCUT2D eigenvalue weighted by molar-refractivity contribution is 6.21. The molecule has 1 fully saturated rings. The van der Waals surface area contributed by atoms with Crippen molar-refractivity contribution in [2.24, 2.45) is 5.73 Å². The van der Waals surface area contributed by atoms with E-state index < -0.39 is 0 Å². The van der Waals surface area contributed by atoms with Gasteiger partial charge in [-0.05, 0) is 36.6 Å². The fraction of sp³-hybridized carbons (Fsp3) is 0.571. The Labute approximate surface area is 121 Å². The molecule has 1 saturated heterocycles. The van der Waals surface area contributed by atoms with Gasteiger partial charge in [0.05, 0.1) is 5.38 Å². The largest absolute Gasteiger partial charge is 0.330 e. The van der Waals surface area contributed by atoms with Crippen molar-refractivity contribution in [1.82, 2.24) is 5.32 Å². The van der Waals surface area contributed by atoms with E-state index in [0.29, 0.717) is 18.4 Å². The predicted molar refractivity (Wildman–Crippen MR) is 81.0 cm³/mol. The monoisotopic (exact) mass is 288 g/mol. The summed E-state index contributed by atoms with van der Waals surface area (Å²) in [5, 5.41) is 3.53. The van der Waals surface area contributed by atoms with E-state index in [2.05, 4.69) is 36.5 Å². The molecule has 3 unspecified atom stereocenters. The molecule has 0 aromatic heterocycles. The number of piperidine rings is 1. The molecule has 1 aromatic carbocycles. The maximum Gasteiger partial charge on any atom is 0.0529 e. The van der Waals surface area contributed by atoms with Crippen molar-refractivity contribution in [2.75, 3.05) is 19.6 Å². The molecular weight excluding hydrogens is 267 g/mol. The van der Waals surface area contributed by atoms with Gasteiger partial charge in [-0.25, -0.2) is 0 Å². The van der Waals surface area contributed by atoms with E-state index in [1.807, 2.05) is 0 Å². The van der Waals surface area contributed by atoms with Crippen LogP contribution in [0.3, 0.4) is 0 Å². The molecule has 1 aromatic rings. The molecule has 3 N–H and O–H groups in total. The van der Waals surface area contributed by atoms with Crippen LogP contribution in [0.4, 0.5) is 0 Å². The van der Waals surface area contributed by atoms with Gasteiger partial charge in [-0.2, -0.15) is 0 Å². The molecule has 3 atom stereocenters. The Bertz CT molecular complexity index is 371. The summed E-state index contributed by atoms with van der Waals surface area (Å²) >= 11 is 6.44. The summed E-state index contributed by atoms with van der Waals surface area (Å²) in [7, 11) is 0. The van der Waals surface area contributed by atoms with Crippen molar-refractivity contribution in [1.29, 1.82) is 0 Å². The van der Waals surface area contributed by atoms with Crippen LogP contribution < -0.4 is 11.1 Å². The number of hydrogen-bond acceptors (Lipinski definition) is 2. The molecule has 18 heavy (non-hydrogen) atoms. The Morgan fingerprint density at radius 1 is 1.44 bits per heavy atom. The molecule has 2 nitrogen and oxygen atoms in total. The third kappa shape index (κ3) is 3.39. The van der Waals surface area contributed by atoms with Gasteiger partial charge in [-0.3, -0.25) is 0 Å². The SMILES string of the molecule is CC(CN)c1ccccc1C1CCNCC1Cl.Cl. The zero-order valence-electron chi connectivity index (χ0n) is 10.7. The second-order valence-corrected chi connectivity index (χ2v) is 5.44. The van der Waals surface area contributed by atoms with E-state index in [4.69, 9.17) is 17.3 Å². The molecule has 4 heteroatoms. The Morgan fingerprint density at radius 3 is 2.83 bits per heavy atom. The number of nitrogens with one attached hydrogen (secondary N) is 1. The highest BCUT2D eigenvalue weighted by Crippen LogP contribution is 2.34. The summed E-state index contributed by atoms with van der Waals surface area (Å²) in [5.41, 5.74) is 8.56. The molecule has 0 radical (unpaired) electrons. The first-order chi connectivity index (χ1) is 8.24. The molecule has 1 aliphatic rings. The molecule has 0 spiro atoms. The average Bonchev–Trinajstić information content (AvgIpc) is 2.38. The van der Waals surface area contributed by atoms with Gasteiger partial charge >= 0.3 is 0 Å². The molecule has 0 saturated carbocycles. The fourth-order valence-corrected chi connectivity index (χ4v) is 2.97. The van der Waals surface area contributed by atoms with Crippen LogP contribution in [-0.4, -0.2) is 25.0 Å². The second kappa shape index (κ2) is 7.34. The number of benzene rings is 1. The standard InChI is InChI=1S/C14H21ClN2.ClH/c1-10(8-16)11-4-2-3-5-12(11)13-6-7-17-9-14(13)15;/h2-5,10,13-14,17H,6-9,16H2,1H3;1H. The minimum atomic E-state index is 0. The van der Waals surface area contributed by atoms with Gasteiger partial charge in [0, 0.05) is 12.5 Å². The van der Waals surface area contributed by atoms with Crippen LogP contribution in [0, 0.1) is 0 Å². The molecule has 1 aliphatic heterocycles. The van der Waals surface area contributed by atoms with Gasteiger partial charge in [0.15, 0.2) is 0 Å². The minimum Gasteiger partial charge on any atom is -0.330 e. The van der Waals surface area contributed by atoms with E-state index >= 15 is 0 Å². The van der Waals surface area contributed by atoms with Crippen LogP contribution in [0.15, 0.2) is 24.3 Å². The molecule has 1 heterocycles. The predicted octanol–water partition coefficient (Wildman–Crippen LogP) is 2.85. The van der Waals surface area contributed by atoms with Gasteiger partial charge in [0.2, 0.25) is 0 Å². The van der Waals surface area contributed by atoms with E-state index in [1.165, 1.54) is 11.1 Å². The zero-order valence-corrected chi connectivity index (χ0v) is 12.3. The van der Waals surface area contributed by atoms with Gasteiger partial charge < -0.3 is 11.1 Å². The smallest absolute Gasteiger partial charge is 0.0529 e. The van der Waals surface area contributed by atoms with Crippen molar-refractivity contribution >= 4 is 24.0 Å². The summed E-state index contributed by atoms with van der Waals surface area (Å²) in [5.74, 6) is 0.869. The molecular formula is C14H22Cl2N2. The Kier molecular flexibility index (Phi) is 6.44. The van der Waals surface area contributed by atoms with Crippen molar-refractivity contribution < 1.29 is 0 Å². The number of alkyl halides is 1. The number of rotatable bonds is 3. The number of halogens is 2. The fourth-order valence-electron chi connectivity index (χ4n) is 2.60. The van der Waals surface area contributed by atoms with Gasteiger partial charge in [0.25, 0.3) is 0 Å². The first-order valence-corrected chi connectivity index (χ1v) is 6.81. The Morgan fingerprint density at radius 2 is 2.17 bits per heavy atom. The van der Waals surface area contributed by atoms with Crippen LogP contribution in [0.5, 0.6) is 0 Å². The van der Waals surface area contributed by atoms with Crippen LogP contribution in [0.2, 0.25) is 0 Å². The highest BCUT2D eigenvalue weighted by Gasteiger charge is 2.26. The lowest BCUT2D eigenvalue weighted by Gasteiger charge is -2.30. The summed E-state index contributed by atoms with van der Waals surface area (Å²) in [6.07, 6.45) is 1.11. The van der Waals surface area contributed by atoms with Gasteiger partial charge in [-0.1, -0.05) is 31.2 Å². The number of nitrogens with two attached hydrogens (primary N) is 1. The van der Waals surface area contributed by atoms with Gasteiger partial charge in [-0.15, -0.1) is 24.0 Å².